The number of benzene rings is 6. The van der Waals surface area contributed by atoms with Gasteiger partial charge in [-0.05, 0) is 106 Å². The van der Waals surface area contributed by atoms with Gasteiger partial charge in [0.1, 0.15) is 26.4 Å². The number of nitrogens with one attached hydrogen (secondary N) is 3. The highest BCUT2D eigenvalue weighted by atomic mass is 32.2. The van der Waals surface area contributed by atoms with Gasteiger partial charge in [-0.3, -0.25) is 4.18 Å². The summed E-state index contributed by atoms with van der Waals surface area (Å²) >= 11 is 0. The summed E-state index contributed by atoms with van der Waals surface area (Å²) < 4.78 is 50.0. The molecule has 11 N–H and O–H groups in total. The van der Waals surface area contributed by atoms with Crippen LogP contribution in [0.5, 0.6) is 0 Å². The van der Waals surface area contributed by atoms with Crippen molar-refractivity contribution in [2.24, 2.45) is 0 Å². The molecule has 0 aromatic heterocycles. The van der Waals surface area contributed by atoms with Gasteiger partial charge in [0.2, 0.25) is 0 Å². The molecule has 0 amide bonds. The second kappa shape index (κ2) is 27.6. The Morgan fingerprint density at radius 2 is 0.732 bits per heavy atom. The number of nitrogen functional groups attached to an aromatic ring is 4. The van der Waals surface area contributed by atoms with Crippen molar-refractivity contribution < 1.29 is 45.9 Å². The molecule has 0 aliphatic rings. The summed E-state index contributed by atoms with van der Waals surface area (Å²) in [6.07, 6.45) is 1.21. The smallest absolute Gasteiger partial charge is 0.461 e. The third kappa shape index (κ3) is 18.3. The van der Waals surface area contributed by atoms with Crippen LogP contribution in [-0.4, -0.2) is 79.2 Å². The molecule has 0 aliphatic carbocycles. The Morgan fingerprint density at radius 1 is 0.437 bits per heavy atom. The van der Waals surface area contributed by atoms with Gasteiger partial charge >= 0.3 is 28.4 Å². The number of hydrogen-bond acceptors (Lipinski definition) is 16. The number of hydrogen-bond donors (Lipinski definition) is 7. The highest BCUT2D eigenvalue weighted by molar-refractivity contribution is 7.84. The van der Waals surface area contributed by atoms with Crippen molar-refractivity contribution in [3.63, 3.8) is 0 Å². The van der Waals surface area contributed by atoms with E-state index in [2.05, 4.69) is 40.6 Å². The molecule has 0 fully saturated rings. The van der Waals surface area contributed by atoms with Gasteiger partial charge in [-0.15, -0.1) is 0 Å². The first-order valence-electron chi connectivity index (χ1n) is 22.3. The highest BCUT2D eigenvalue weighted by Crippen LogP contribution is 2.35. The van der Waals surface area contributed by atoms with E-state index in [1.807, 2.05) is 133 Å². The molecule has 6 aromatic carbocycles. The van der Waals surface area contributed by atoms with Gasteiger partial charge in [-0.2, -0.15) is 13.1 Å². The highest BCUT2D eigenvalue weighted by Gasteiger charge is 2.19. The molecule has 0 bridgehead atoms. The van der Waals surface area contributed by atoms with Gasteiger partial charge in [-0.1, -0.05) is 86.0 Å². The predicted molar refractivity (Wildman–Crippen MR) is 278 cm³/mol. The van der Waals surface area contributed by atoms with Crippen LogP contribution in [0.15, 0.2) is 171 Å². The summed E-state index contributed by atoms with van der Waals surface area (Å²) in [5.41, 5.74) is 34.7. The van der Waals surface area contributed by atoms with E-state index in [0.717, 1.165) is 56.9 Å². The third-order valence-electron chi connectivity index (χ3n) is 10.4. The zero-order valence-electron chi connectivity index (χ0n) is 39.0. The van der Waals surface area contributed by atoms with E-state index in [0.29, 0.717) is 29.3 Å². The van der Waals surface area contributed by atoms with Crippen molar-refractivity contribution in [3.05, 3.63) is 204 Å². The van der Waals surface area contributed by atoms with Crippen LogP contribution in [0.2, 0.25) is 0 Å². The van der Waals surface area contributed by atoms with Gasteiger partial charge in [0.25, 0.3) is 0 Å². The summed E-state index contributed by atoms with van der Waals surface area (Å²) in [6, 6.07) is 47.2. The molecule has 0 aliphatic heterocycles. The van der Waals surface area contributed by atoms with E-state index in [1.165, 1.54) is 0 Å². The second-order valence-corrected chi connectivity index (χ2v) is 16.9. The summed E-state index contributed by atoms with van der Waals surface area (Å²) in [4.78, 5) is 33.4. The Bertz CT molecular complexity index is 2650. The number of carbonyl (C=O) groups excluding carboxylic acids is 3. The van der Waals surface area contributed by atoms with Crippen LogP contribution in [0.4, 0.5) is 38.9 Å². The molecule has 6 aromatic rings. The SMILES string of the molecule is C=CC(=O)OCCNS(=O)(=O)OCCNc1ccc(C(c2ccc(N)cc2)c2ccc(N)cc2)cc1.C=CC(=O)OCCOC(=O)OCCNc1ccc(C(c2ccc(N)cc2)c2ccc(N)cc2)cc1. The van der Waals surface area contributed by atoms with E-state index in [4.69, 9.17) is 46.1 Å². The standard InChI is InChI=1S/C27H29N3O5.C26H30N4O5S/c1-2-25(31)33-17-18-35-27(32)34-16-15-30-24-13-7-21(8-14-24)26(19-3-9-22(28)10-4-19)20-5-11-23(29)12-6-20;1-2-25(31)34-17-16-30-36(32,33)35-18-15-29-24-13-7-21(8-14-24)26(19-3-9-22(27)10-4-19)20-5-11-23(28)12-6-20/h2-14,26,30H,1,15-18,28-29H2;2-14,26,29-30H,1,15-18,27-28H2. The molecule has 0 unspecified atom stereocenters. The monoisotopic (exact) mass is 985 g/mol. The number of anilines is 6. The van der Waals surface area contributed by atoms with Crippen LogP contribution in [0.3, 0.4) is 0 Å². The largest absolute Gasteiger partial charge is 0.508 e. The molecule has 18 heteroatoms. The minimum Gasteiger partial charge on any atom is -0.461 e. The minimum absolute atomic E-state index is 0.00875. The van der Waals surface area contributed by atoms with E-state index < -0.39 is 28.4 Å². The molecule has 6 rings (SSSR count). The molecule has 0 saturated carbocycles. The first-order chi connectivity index (χ1) is 34.2. The van der Waals surface area contributed by atoms with Crippen LogP contribution < -0.4 is 38.3 Å². The van der Waals surface area contributed by atoms with Crippen molar-refractivity contribution in [3.8, 4) is 0 Å². The normalized spacial score (nSPS) is 10.8. The molecule has 71 heavy (non-hydrogen) atoms. The zero-order chi connectivity index (χ0) is 51.0. The van der Waals surface area contributed by atoms with Gasteiger partial charge in [0.05, 0.1) is 6.61 Å². The van der Waals surface area contributed by atoms with E-state index in [1.54, 1.807) is 0 Å². The average molecular weight is 986 g/mol. The van der Waals surface area contributed by atoms with Crippen LogP contribution in [0, 0.1) is 0 Å². The maximum absolute atomic E-state index is 11.8. The Morgan fingerprint density at radius 3 is 1.10 bits per heavy atom. The van der Waals surface area contributed by atoms with Gasteiger partial charge in [-0.25, -0.2) is 14.4 Å². The van der Waals surface area contributed by atoms with Crippen molar-refractivity contribution in [2.45, 2.75) is 11.8 Å². The Labute approximate surface area is 414 Å². The molecule has 0 heterocycles. The number of carbonyl (C=O) groups is 3. The fourth-order valence-electron chi connectivity index (χ4n) is 6.96. The van der Waals surface area contributed by atoms with E-state index in [9.17, 15) is 22.8 Å². The van der Waals surface area contributed by atoms with Crippen molar-refractivity contribution in [1.82, 2.24) is 4.72 Å². The third-order valence-corrected chi connectivity index (χ3v) is 11.4. The molecule has 0 radical (unpaired) electrons. The van der Waals surface area contributed by atoms with Crippen LogP contribution >= 0.6 is 0 Å². The van der Waals surface area contributed by atoms with Crippen LogP contribution in [0.1, 0.15) is 45.2 Å². The quantitative estimate of drug-likeness (QED) is 0.00780. The lowest BCUT2D eigenvalue weighted by Gasteiger charge is -2.20. The Balaban J connectivity index is 0.000000264. The molecule has 0 spiro atoms. The lowest BCUT2D eigenvalue weighted by Crippen LogP contribution is -2.30. The first kappa shape index (κ1) is 53.6. The Kier molecular flexibility index (Phi) is 20.9. The van der Waals surface area contributed by atoms with Gasteiger partial charge in [0.15, 0.2) is 0 Å². The number of ether oxygens (including phenoxy) is 4. The fourth-order valence-corrected chi connectivity index (χ4v) is 7.68. The summed E-state index contributed by atoms with van der Waals surface area (Å²) in [6.45, 7) is 6.88. The lowest BCUT2D eigenvalue weighted by atomic mass is 9.85. The molecular weight excluding hydrogens is 927 g/mol. The predicted octanol–water partition coefficient (Wildman–Crippen LogP) is 7.35. The average Bonchev–Trinajstić information content (AvgIpc) is 3.37. The molecule has 0 atom stereocenters. The summed E-state index contributed by atoms with van der Waals surface area (Å²) in [5.74, 6) is -1.19. The lowest BCUT2D eigenvalue weighted by molar-refractivity contribution is -0.139. The van der Waals surface area contributed by atoms with Crippen molar-refractivity contribution in [2.75, 3.05) is 86.2 Å². The minimum atomic E-state index is -3.95. The van der Waals surface area contributed by atoms with E-state index >= 15 is 0 Å². The summed E-state index contributed by atoms with van der Waals surface area (Å²) in [7, 11) is -3.95. The fraction of sp³-hybridized carbons (Fsp3) is 0.189. The first-order valence-corrected chi connectivity index (χ1v) is 23.8. The number of nitrogens with two attached hydrogens (primary N) is 4. The number of rotatable bonds is 24. The molecule has 0 saturated heterocycles. The topological polar surface area (TPSA) is 272 Å². The Hall–Kier alpha value is -8.32. The second-order valence-electron chi connectivity index (χ2n) is 15.5. The maximum Gasteiger partial charge on any atom is 0.508 e. The van der Waals surface area contributed by atoms with Crippen LogP contribution in [-0.2, 0) is 43.0 Å². The summed E-state index contributed by atoms with van der Waals surface area (Å²) in [5, 5.41) is 6.34. The molecule has 372 valence electrons. The van der Waals surface area contributed by atoms with Crippen molar-refractivity contribution in [1.29, 1.82) is 0 Å². The van der Waals surface area contributed by atoms with Gasteiger partial charge in [0, 0.05) is 77.7 Å². The maximum atomic E-state index is 11.8. The molecular formula is C53H59N7O10S. The van der Waals surface area contributed by atoms with Crippen LogP contribution in [0.25, 0.3) is 0 Å². The van der Waals surface area contributed by atoms with E-state index in [-0.39, 0.29) is 58.0 Å². The van der Waals surface area contributed by atoms with Gasteiger partial charge < -0.3 is 52.5 Å². The van der Waals surface area contributed by atoms with Crippen molar-refractivity contribution >= 4 is 62.5 Å². The number of esters is 2. The zero-order valence-corrected chi connectivity index (χ0v) is 39.9. The molecule has 17 nitrogen and oxygen atoms in total.